The molecule has 3 aliphatic carbocycles. The molecular weight excluding hydrogens is 581 g/mol. The van der Waals surface area contributed by atoms with Crippen molar-refractivity contribution >= 4 is 32.7 Å². The molecule has 1 spiro atoms. The number of hydrogen-bond donors (Lipinski definition) is 0. The van der Waals surface area contributed by atoms with Crippen LogP contribution in [0.1, 0.15) is 22.3 Å². The predicted octanol–water partition coefficient (Wildman–Crippen LogP) is 12.4. The summed E-state index contributed by atoms with van der Waals surface area (Å²) in [6, 6.07) is 58.6. The summed E-state index contributed by atoms with van der Waals surface area (Å²) in [5.41, 5.74) is 19.9. The zero-order valence-electron chi connectivity index (χ0n) is 25.9. The van der Waals surface area contributed by atoms with E-state index in [0.29, 0.717) is 0 Å². The van der Waals surface area contributed by atoms with Crippen molar-refractivity contribution in [2.45, 2.75) is 5.41 Å². The van der Waals surface area contributed by atoms with Crippen LogP contribution >= 0.6 is 0 Å². The molecular formula is C47H26O. The van der Waals surface area contributed by atoms with Crippen molar-refractivity contribution in [1.82, 2.24) is 0 Å². The highest BCUT2D eigenvalue weighted by Crippen LogP contribution is 2.65. The van der Waals surface area contributed by atoms with E-state index in [1.807, 2.05) is 6.07 Å². The van der Waals surface area contributed by atoms with Crippen molar-refractivity contribution < 1.29 is 4.42 Å². The predicted molar refractivity (Wildman–Crippen MR) is 197 cm³/mol. The van der Waals surface area contributed by atoms with E-state index >= 15 is 0 Å². The van der Waals surface area contributed by atoms with Gasteiger partial charge in [0.05, 0.1) is 5.41 Å². The first-order valence-corrected chi connectivity index (χ1v) is 16.8. The van der Waals surface area contributed by atoms with Crippen LogP contribution in [-0.4, -0.2) is 0 Å². The molecule has 12 rings (SSSR count). The molecule has 1 heteroatoms. The van der Waals surface area contributed by atoms with Crippen molar-refractivity contribution in [3.63, 3.8) is 0 Å². The van der Waals surface area contributed by atoms with E-state index in [-0.39, 0.29) is 0 Å². The molecule has 3 aliphatic rings. The molecule has 0 bridgehead atoms. The van der Waals surface area contributed by atoms with Crippen molar-refractivity contribution in [3.05, 3.63) is 180 Å². The lowest BCUT2D eigenvalue weighted by atomic mass is 9.70. The Morgan fingerprint density at radius 3 is 1.81 bits per heavy atom. The summed E-state index contributed by atoms with van der Waals surface area (Å²) in [5, 5.41) is 5.04. The van der Waals surface area contributed by atoms with E-state index in [4.69, 9.17) is 4.42 Å². The molecule has 0 saturated carbocycles. The molecule has 220 valence electrons. The highest BCUT2D eigenvalue weighted by atomic mass is 16.3. The van der Waals surface area contributed by atoms with Crippen LogP contribution in [0.3, 0.4) is 0 Å². The number of rotatable bonds is 1. The second kappa shape index (κ2) is 8.59. The van der Waals surface area contributed by atoms with Crippen molar-refractivity contribution in [3.8, 4) is 55.6 Å². The number of benzene rings is 8. The van der Waals surface area contributed by atoms with Gasteiger partial charge in [0, 0.05) is 16.3 Å². The van der Waals surface area contributed by atoms with Gasteiger partial charge in [0.1, 0.15) is 11.2 Å². The van der Waals surface area contributed by atoms with E-state index in [0.717, 1.165) is 27.5 Å². The van der Waals surface area contributed by atoms with Crippen LogP contribution in [0, 0.1) is 0 Å². The number of fused-ring (bicyclic) bond motifs is 17. The maximum Gasteiger partial charge on any atom is 0.143 e. The van der Waals surface area contributed by atoms with Crippen LogP contribution in [0.15, 0.2) is 162 Å². The molecule has 1 atom stereocenters. The maximum atomic E-state index is 6.51. The minimum Gasteiger partial charge on any atom is -0.455 e. The zero-order valence-corrected chi connectivity index (χ0v) is 25.9. The molecule has 1 aromatic heterocycles. The summed E-state index contributed by atoms with van der Waals surface area (Å²) in [7, 11) is 0. The third-order valence-electron chi connectivity index (χ3n) is 11.4. The lowest BCUT2D eigenvalue weighted by Gasteiger charge is -2.31. The summed E-state index contributed by atoms with van der Waals surface area (Å²) in [6.07, 6.45) is 0. The number of furan rings is 1. The normalized spacial score (nSPS) is 16.0. The second-order valence-electron chi connectivity index (χ2n) is 13.5. The lowest BCUT2D eigenvalue weighted by Crippen LogP contribution is -2.25. The first kappa shape index (κ1) is 25.0. The second-order valence-corrected chi connectivity index (χ2v) is 13.5. The standard InChI is InChI=1S/C47H26O/c1-2-12-30-29(11-1)33-17-10-19-36-44(33)38(30)26-42-45(36)35-15-4-7-21-40(35)47(42)39-20-6-3-13-31(39)37-25-27(23-24-41(37)47)28-16-9-18-34-32-14-5-8-22-43(32)48-46(28)34/h1-26H. The average molecular weight is 607 g/mol. The van der Waals surface area contributed by atoms with Gasteiger partial charge in [-0.05, 0) is 101 Å². The minimum absolute atomic E-state index is 0.417. The summed E-state index contributed by atoms with van der Waals surface area (Å²) < 4.78 is 6.51. The maximum absolute atomic E-state index is 6.51. The van der Waals surface area contributed by atoms with Gasteiger partial charge >= 0.3 is 0 Å². The van der Waals surface area contributed by atoms with Crippen molar-refractivity contribution in [2.24, 2.45) is 0 Å². The third kappa shape index (κ3) is 2.78. The Labute approximate surface area is 277 Å². The van der Waals surface area contributed by atoms with Gasteiger partial charge in [-0.25, -0.2) is 0 Å². The van der Waals surface area contributed by atoms with Gasteiger partial charge in [-0.15, -0.1) is 0 Å². The van der Waals surface area contributed by atoms with Crippen LogP contribution < -0.4 is 0 Å². The largest absolute Gasteiger partial charge is 0.455 e. The fourth-order valence-corrected chi connectivity index (χ4v) is 9.64. The first-order valence-electron chi connectivity index (χ1n) is 16.8. The number of para-hydroxylation sites is 2. The van der Waals surface area contributed by atoms with Gasteiger partial charge in [0.15, 0.2) is 0 Å². The fourth-order valence-electron chi connectivity index (χ4n) is 9.64. The molecule has 0 aliphatic heterocycles. The monoisotopic (exact) mass is 606 g/mol. The average Bonchev–Trinajstić information content (AvgIpc) is 3.86. The Kier molecular flexibility index (Phi) is 4.47. The van der Waals surface area contributed by atoms with Crippen LogP contribution in [0.2, 0.25) is 0 Å². The van der Waals surface area contributed by atoms with E-state index in [1.54, 1.807) is 0 Å². The smallest absolute Gasteiger partial charge is 0.143 e. The molecule has 48 heavy (non-hydrogen) atoms. The first-order chi connectivity index (χ1) is 23.8. The number of hydrogen-bond acceptors (Lipinski definition) is 1. The zero-order chi connectivity index (χ0) is 31.1. The van der Waals surface area contributed by atoms with Crippen LogP contribution in [-0.2, 0) is 5.41 Å². The molecule has 1 heterocycles. The summed E-state index contributed by atoms with van der Waals surface area (Å²) in [5.74, 6) is 0. The Balaban J connectivity index is 1.19. The summed E-state index contributed by atoms with van der Waals surface area (Å²) in [4.78, 5) is 0. The van der Waals surface area contributed by atoms with Gasteiger partial charge in [-0.3, -0.25) is 0 Å². The van der Waals surface area contributed by atoms with Crippen LogP contribution in [0.25, 0.3) is 88.3 Å². The minimum atomic E-state index is -0.417. The summed E-state index contributed by atoms with van der Waals surface area (Å²) in [6.45, 7) is 0. The van der Waals surface area contributed by atoms with Gasteiger partial charge < -0.3 is 4.42 Å². The highest BCUT2D eigenvalue weighted by molar-refractivity contribution is 6.21. The van der Waals surface area contributed by atoms with Crippen LogP contribution in [0.4, 0.5) is 0 Å². The Bertz CT molecular complexity index is 2900. The summed E-state index contributed by atoms with van der Waals surface area (Å²) >= 11 is 0. The van der Waals surface area contributed by atoms with Gasteiger partial charge in [0.25, 0.3) is 0 Å². The molecule has 8 aromatic carbocycles. The SMILES string of the molecule is c1ccc2c(c1)-c1cccc3c4c(cc-2c13)C1(c2ccccc2-c2cc(-c3cccc5c3oc3ccccc35)ccc21)c1ccccc1-4. The van der Waals surface area contributed by atoms with E-state index in [2.05, 4.69) is 152 Å². The Morgan fingerprint density at radius 1 is 0.354 bits per heavy atom. The molecule has 0 radical (unpaired) electrons. The topological polar surface area (TPSA) is 13.1 Å². The molecule has 0 fully saturated rings. The Morgan fingerprint density at radius 2 is 0.958 bits per heavy atom. The molecule has 1 nitrogen and oxygen atoms in total. The van der Waals surface area contributed by atoms with Gasteiger partial charge in [-0.1, -0.05) is 140 Å². The van der Waals surface area contributed by atoms with E-state index in [1.165, 1.54) is 83.1 Å². The van der Waals surface area contributed by atoms with Crippen molar-refractivity contribution in [2.75, 3.05) is 0 Å². The molecule has 0 N–H and O–H groups in total. The Hall–Kier alpha value is -6.18. The van der Waals surface area contributed by atoms with Gasteiger partial charge in [0.2, 0.25) is 0 Å². The molecule has 0 amide bonds. The van der Waals surface area contributed by atoms with E-state index < -0.39 is 5.41 Å². The molecule has 0 saturated heterocycles. The van der Waals surface area contributed by atoms with Crippen LogP contribution in [0.5, 0.6) is 0 Å². The van der Waals surface area contributed by atoms with Gasteiger partial charge in [-0.2, -0.15) is 0 Å². The van der Waals surface area contributed by atoms with Crippen molar-refractivity contribution in [1.29, 1.82) is 0 Å². The van der Waals surface area contributed by atoms with E-state index in [9.17, 15) is 0 Å². The third-order valence-corrected chi connectivity index (χ3v) is 11.4. The lowest BCUT2D eigenvalue weighted by molar-refractivity contribution is 0.670. The fraction of sp³-hybridized carbons (Fsp3) is 0.0213. The molecule has 1 unspecified atom stereocenters. The highest BCUT2D eigenvalue weighted by Gasteiger charge is 2.52. The molecule has 9 aromatic rings. The quantitative estimate of drug-likeness (QED) is 0.181.